The fraction of sp³-hybridized carbons (Fsp3) is 0.370. The van der Waals surface area contributed by atoms with Crippen molar-refractivity contribution in [2.24, 2.45) is 0 Å². The van der Waals surface area contributed by atoms with E-state index < -0.39 is 52.4 Å². The van der Waals surface area contributed by atoms with Crippen molar-refractivity contribution in [2.75, 3.05) is 24.5 Å². The van der Waals surface area contributed by atoms with Gasteiger partial charge >= 0.3 is 12.3 Å². The number of carbonyl (C=O) groups is 2. The molecule has 17 heteroatoms. The lowest BCUT2D eigenvalue weighted by molar-refractivity contribution is -0.274. The number of aryl methyl sites for hydroxylation is 1. The number of carboxylic acid groups (broad SMARTS) is 1. The first-order valence-electron chi connectivity index (χ1n) is 13.1. The number of carbonyl (C=O) groups excluding carboxylic acids is 1. The lowest BCUT2D eigenvalue weighted by atomic mass is 10.0. The summed E-state index contributed by atoms with van der Waals surface area (Å²) in [5.74, 6) is -5.59. The first-order chi connectivity index (χ1) is 20.5. The van der Waals surface area contributed by atoms with E-state index >= 15 is 0 Å². The Morgan fingerprint density at radius 3 is 2.25 bits per heavy atom. The van der Waals surface area contributed by atoms with Gasteiger partial charge in [-0.2, -0.15) is 4.31 Å². The van der Waals surface area contributed by atoms with E-state index in [1.807, 2.05) is 0 Å². The van der Waals surface area contributed by atoms with Crippen molar-refractivity contribution in [3.63, 3.8) is 0 Å². The molecule has 10 nitrogen and oxygen atoms in total. The number of hydrogen-bond acceptors (Lipinski definition) is 8. The van der Waals surface area contributed by atoms with Crippen molar-refractivity contribution in [2.45, 2.75) is 50.0 Å². The zero-order valence-corrected chi connectivity index (χ0v) is 24.9. The second kappa shape index (κ2) is 12.6. The van der Waals surface area contributed by atoms with E-state index in [1.54, 1.807) is 4.90 Å². The molecule has 1 aliphatic rings. The maximum atomic E-state index is 14.0. The Bertz CT molecular complexity index is 1610. The number of nitrogens with one attached hydrogen (secondary N) is 1. The molecule has 2 heterocycles. The number of alkyl halides is 5. The van der Waals surface area contributed by atoms with Crippen molar-refractivity contribution in [1.82, 2.24) is 14.6 Å². The SMILES string of the molecule is CCC(F)(F)c1ccc(CNC(=O)[C@H]2CN(c3nc(C)c(C(=O)O)s3)CCN2S(=O)(=O)c2ccc(OC(F)(F)F)cc2)cc1. The molecule has 2 N–H and O–H groups in total. The number of halogens is 5. The van der Waals surface area contributed by atoms with Crippen LogP contribution < -0.4 is 15.0 Å². The molecule has 1 amide bonds. The highest BCUT2D eigenvalue weighted by Gasteiger charge is 2.41. The van der Waals surface area contributed by atoms with Crippen LogP contribution in [0, 0.1) is 6.92 Å². The number of rotatable bonds is 10. The Hall–Kier alpha value is -3.83. The highest BCUT2D eigenvalue weighted by atomic mass is 32.2. The number of aromatic carboxylic acids is 1. The fourth-order valence-electron chi connectivity index (χ4n) is 4.48. The van der Waals surface area contributed by atoms with Crippen LogP contribution in [0.4, 0.5) is 27.1 Å². The van der Waals surface area contributed by atoms with Crippen LogP contribution >= 0.6 is 11.3 Å². The average molecular weight is 663 g/mol. The molecule has 0 bridgehead atoms. The minimum atomic E-state index is -4.98. The van der Waals surface area contributed by atoms with Crippen molar-refractivity contribution in [3.05, 3.63) is 70.2 Å². The summed E-state index contributed by atoms with van der Waals surface area (Å²) in [7, 11) is -4.43. The van der Waals surface area contributed by atoms with Gasteiger partial charge in [-0.3, -0.25) is 4.79 Å². The van der Waals surface area contributed by atoms with Gasteiger partial charge in [-0.25, -0.2) is 27.0 Å². The summed E-state index contributed by atoms with van der Waals surface area (Å²) in [5, 5.41) is 12.3. The largest absolute Gasteiger partial charge is 0.573 e. The number of thiazole rings is 1. The molecule has 0 spiro atoms. The topological polar surface area (TPSA) is 129 Å². The van der Waals surface area contributed by atoms with E-state index in [9.17, 15) is 45.1 Å². The second-order valence-corrected chi connectivity index (χ2v) is 12.7. The number of sulfonamides is 1. The van der Waals surface area contributed by atoms with Gasteiger partial charge in [0.1, 0.15) is 16.7 Å². The molecule has 1 saturated heterocycles. The van der Waals surface area contributed by atoms with Crippen LogP contribution in [-0.4, -0.2) is 66.7 Å². The van der Waals surface area contributed by atoms with Crippen LogP contribution in [0.25, 0.3) is 0 Å². The summed E-state index contributed by atoms with van der Waals surface area (Å²) in [6.07, 6.45) is -5.37. The molecule has 4 rings (SSSR count). The molecular formula is C27H27F5N4O6S2. The summed E-state index contributed by atoms with van der Waals surface area (Å²) in [5.41, 5.74) is 0.520. The van der Waals surface area contributed by atoms with Crippen molar-refractivity contribution < 1.29 is 49.8 Å². The maximum absolute atomic E-state index is 14.0. The Morgan fingerprint density at radius 2 is 1.70 bits per heavy atom. The van der Waals surface area contributed by atoms with Gasteiger partial charge in [0.15, 0.2) is 5.13 Å². The van der Waals surface area contributed by atoms with Gasteiger partial charge in [-0.15, -0.1) is 13.2 Å². The molecule has 238 valence electrons. The molecule has 3 aromatic rings. The number of amides is 1. The van der Waals surface area contributed by atoms with Crippen LogP contribution in [-0.2, 0) is 27.3 Å². The third kappa shape index (κ3) is 7.44. The zero-order valence-electron chi connectivity index (χ0n) is 23.3. The number of nitrogens with zero attached hydrogens (tertiary/aromatic N) is 3. The van der Waals surface area contributed by atoms with Gasteiger partial charge in [0, 0.05) is 38.2 Å². The summed E-state index contributed by atoms with van der Waals surface area (Å²) in [6.45, 7) is 2.28. The minimum absolute atomic E-state index is 0.0192. The Kier molecular flexibility index (Phi) is 9.51. The molecule has 1 aliphatic heterocycles. The standard InChI is InChI=1S/C27H27F5N4O6S2/c1-3-26(28,29)18-6-4-17(5-7-18)14-33-23(37)21-15-35(25-34-16(2)22(43-25)24(38)39)12-13-36(21)44(40,41)20-10-8-19(9-11-20)42-27(30,31)32/h4-11,21H,3,12-15H2,1-2H3,(H,33,37)(H,38,39)/t21-/m1/s1. The van der Waals surface area contributed by atoms with Crippen LogP contribution in [0.2, 0.25) is 0 Å². The normalized spacial score (nSPS) is 16.5. The highest BCUT2D eigenvalue weighted by molar-refractivity contribution is 7.89. The number of anilines is 1. The summed E-state index contributed by atoms with van der Waals surface area (Å²) >= 11 is 0.863. The van der Waals surface area contributed by atoms with Gasteiger partial charge in [0.2, 0.25) is 15.9 Å². The Labute approximate surface area is 253 Å². The predicted molar refractivity (Wildman–Crippen MR) is 149 cm³/mol. The number of carboxylic acids is 1. The van der Waals surface area contributed by atoms with E-state index in [0.29, 0.717) is 5.56 Å². The van der Waals surface area contributed by atoms with E-state index in [-0.39, 0.29) is 52.3 Å². The van der Waals surface area contributed by atoms with Crippen molar-refractivity contribution >= 4 is 38.4 Å². The first kappa shape index (κ1) is 33.1. The van der Waals surface area contributed by atoms with Crippen LogP contribution in [0.15, 0.2) is 53.4 Å². The lowest BCUT2D eigenvalue weighted by Crippen LogP contribution is -2.60. The zero-order chi connectivity index (χ0) is 32.4. The van der Waals surface area contributed by atoms with Gasteiger partial charge in [0.05, 0.1) is 10.6 Å². The Balaban J connectivity index is 1.59. The average Bonchev–Trinajstić information content (AvgIpc) is 3.37. The van der Waals surface area contributed by atoms with Crippen LogP contribution in [0.3, 0.4) is 0 Å². The van der Waals surface area contributed by atoms with Crippen molar-refractivity contribution in [3.8, 4) is 5.75 Å². The minimum Gasteiger partial charge on any atom is -0.477 e. The molecule has 44 heavy (non-hydrogen) atoms. The maximum Gasteiger partial charge on any atom is 0.573 e. The first-order valence-corrected chi connectivity index (χ1v) is 15.4. The van der Waals surface area contributed by atoms with Crippen molar-refractivity contribution in [1.29, 1.82) is 0 Å². The number of benzene rings is 2. The molecule has 1 fully saturated rings. The van der Waals surface area contributed by atoms with E-state index in [0.717, 1.165) is 39.9 Å². The molecular weight excluding hydrogens is 635 g/mol. The molecule has 0 saturated carbocycles. The van der Waals surface area contributed by atoms with E-state index in [1.165, 1.54) is 38.1 Å². The number of aromatic nitrogens is 1. The van der Waals surface area contributed by atoms with Crippen LogP contribution in [0.1, 0.15) is 39.8 Å². The van der Waals surface area contributed by atoms with E-state index in [2.05, 4.69) is 15.0 Å². The highest BCUT2D eigenvalue weighted by Crippen LogP contribution is 2.32. The summed E-state index contributed by atoms with van der Waals surface area (Å²) in [6, 6.07) is 7.45. The lowest BCUT2D eigenvalue weighted by Gasteiger charge is -2.39. The molecule has 1 atom stereocenters. The monoisotopic (exact) mass is 662 g/mol. The third-order valence-corrected chi connectivity index (χ3v) is 9.96. The third-order valence-electron chi connectivity index (χ3n) is 6.83. The second-order valence-electron chi connectivity index (χ2n) is 9.79. The molecule has 0 aliphatic carbocycles. The van der Waals surface area contributed by atoms with Gasteiger partial charge < -0.3 is 20.1 Å². The van der Waals surface area contributed by atoms with Gasteiger partial charge in [-0.05, 0) is 36.8 Å². The number of piperazine rings is 1. The van der Waals surface area contributed by atoms with Crippen LogP contribution in [0.5, 0.6) is 5.75 Å². The van der Waals surface area contributed by atoms with Gasteiger partial charge in [0.25, 0.3) is 5.92 Å². The number of hydrogen-bond donors (Lipinski definition) is 2. The summed E-state index contributed by atoms with van der Waals surface area (Å²) < 4.78 is 97.6. The predicted octanol–water partition coefficient (Wildman–Crippen LogP) is 4.75. The quantitative estimate of drug-likeness (QED) is 0.298. The van der Waals surface area contributed by atoms with Gasteiger partial charge in [-0.1, -0.05) is 42.5 Å². The molecule has 1 aromatic heterocycles. The molecule has 0 radical (unpaired) electrons. The van der Waals surface area contributed by atoms with E-state index in [4.69, 9.17) is 0 Å². The summed E-state index contributed by atoms with van der Waals surface area (Å²) in [4.78, 5) is 30.4. The molecule has 2 aromatic carbocycles. The number of ether oxygens (including phenoxy) is 1. The smallest absolute Gasteiger partial charge is 0.477 e. The fourth-order valence-corrected chi connectivity index (χ4v) is 6.99. The molecule has 0 unspecified atom stereocenters. The Morgan fingerprint density at radius 1 is 1.07 bits per heavy atom.